The van der Waals surface area contributed by atoms with Crippen LogP contribution in [0.15, 0.2) is 54.9 Å². The van der Waals surface area contributed by atoms with Crippen LogP contribution >= 0.6 is 0 Å². The van der Waals surface area contributed by atoms with Crippen molar-refractivity contribution in [3.63, 3.8) is 0 Å². The maximum Gasteiger partial charge on any atom is 0.125 e. The van der Waals surface area contributed by atoms with Crippen molar-refractivity contribution in [3.8, 4) is 0 Å². The molecule has 0 aromatic heterocycles. The number of rotatable bonds is 2. The van der Waals surface area contributed by atoms with Crippen molar-refractivity contribution in [1.29, 1.82) is 0 Å². The summed E-state index contributed by atoms with van der Waals surface area (Å²) < 4.78 is 0. The fourth-order valence-corrected chi connectivity index (χ4v) is 3.48. The topological polar surface area (TPSA) is 27.3 Å². The van der Waals surface area contributed by atoms with E-state index in [1.165, 1.54) is 29.2 Å². The highest BCUT2D eigenvalue weighted by Gasteiger charge is 2.28. The van der Waals surface area contributed by atoms with E-state index in [0.717, 1.165) is 13.1 Å². The Labute approximate surface area is 125 Å². The minimum atomic E-state index is 0.276. The summed E-state index contributed by atoms with van der Waals surface area (Å²) >= 11 is 0. The number of hydrogen-bond acceptors (Lipinski definition) is 3. The van der Waals surface area contributed by atoms with E-state index in [4.69, 9.17) is 0 Å². The molecule has 0 saturated carbocycles. The predicted molar refractivity (Wildman–Crippen MR) is 86.7 cm³/mol. The summed E-state index contributed by atoms with van der Waals surface area (Å²) in [5.41, 5.74) is 1.34. The molecule has 1 unspecified atom stereocenters. The molecule has 108 valence electrons. The molecule has 2 aromatic rings. The SMILES string of the molecule is C1=CN(C2CCNCC2)C(c2ccc3ccccc3c2)N1. The molecule has 1 fully saturated rings. The lowest BCUT2D eigenvalue weighted by atomic mass is 10.0. The molecule has 0 aliphatic carbocycles. The zero-order chi connectivity index (χ0) is 14.1. The summed E-state index contributed by atoms with van der Waals surface area (Å²) in [6, 6.07) is 16.0. The van der Waals surface area contributed by atoms with E-state index in [9.17, 15) is 0 Å². The lowest BCUT2D eigenvalue weighted by molar-refractivity contribution is 0.173. The Morgan fingerprint density at radius 3 is 2.62 bits per heavy atom. The van der Waals surface area contributed by atoms with Gasteiger partial charge in [0.15, 0.2) is 0 Å². The Balaban J connectivity index is 1.63. The summed E-state index contributed by atoms with van der Waals surface area (Å²) in [4.78, 5) is 2.49. The second kappa shape index (κ2) is 5.41. The van der Waals surface area contributed by atoms with Crippen LogP contribution in [-0.2, 0) is 0 Å². The summed E-state index contributed by atoms with van der Waals surface area (Å²) in [6.45, 7) is 2.25. The monoisotopic (exact) mass is 279 g/mol. The third-order valence-corrected chi connectivity index (χ3v) is 4.62. The summed E-state index contributed by atoms with van der Waals surface area (Å²) in [6.07, 6.45) is 7.02. The van der Waals surface area contributed by atoms with Gasteiger partial charge in [-0.15, -0.1) is 0 Å². The van der Waals surface area contributed by atoms with Crippen LogP contribution < -0.4 is 10.6 Å². The van der Waals surface area contributed by atoms with Crippen LogP contribution in [0.2, 0.25) is 0 Å². The molecule has 2 aliphatic rings. The van der Waals surface area contributed by atoms with Gasteiger partial charge in [-0.2, -0.15) is 0 Å². The van der Waals surface area contributed by atoms with Crippen molar-refractivity contribution in [3.05, 3.63) is 60.4 Å². The Hall–Kier alpha value is -2.00. The van der Waals surface area contributed by atoms with Gasteiger partial charge in [0.25, 0.3) is 0 Å². The molecule has 2 heterocycles. The van der Waals surface area contributed by atoms with E-state index >= 15 is 0 Å². The molecule has 21 heavy (non-hydrogen) atoms. The quantitative estimate of drug-likeness (QED) is 0.885. The number of benzene rings is 2. The molecule has 3 nitrogen and oxygen atoms in total. The number of hydrogen-bond donors (Lipinski definition) is 2. The van der Waals surface area contributed by atoms with Gasteiger partial charge < -0.3 is 15.5 Å². The van der Waals surface area contributed by atoms with Gasteiger partial charge in [0.2, 0.25) is 0 Å². The number of fused-ring (bicyclic) bond motifs is 1. The molecule has 2 aromatic carbocycles. The minimum absolute atomic E-state index is 0.276. The normalized spacial score (nSPS) is 22.7. The first-order chi connectivity index (χ1) is 10.4. The Kier molecular flexibility index (Phi) is 3.28. The van der Waals surface area contributed by atoms with Crippen LogP contribution in [0.1, 0.15) is 24.6 Å². The van der Waals surface area contributed by atoms with Gasteiger partial charge in [-0.3, -0.25) is 0 Å². The molecule has 0 bridgehead atoms. The van der Waals surface area contributed by atoms with Crippen molar-refractivity contribution in [2.75, 3.05) is 13.1 Å². The molecule has 1 saturated heterocycles. The average molecular weight is 279 g/mol. The Bertz CT molecular complexity index is 658. The molecule has 4 rings (SSSR count). The Morgan fingerprint density at radius 1 is 0.952 bits per heavy atom. The van der Waals surface area contributed by atoms with Crippen LogP contribution in [0.5, 0.6) is 0 Å². The molecule has 0 spiro atoms. The van der Waals surface area contributed by atoms with E-state index in [1.54, 1.807) is 0 Å². The van der Waals surface area contributed by atoms with E-state index in [0.29, 0.717) is 6.04 Å². The highest BCUT2D eigenvalue weighted by molar-refractivity contribution is 5.83. The van der Waals surface area contributed by atoms with Crippen molar-refractivity contribution >= 4 is 10.8 Å². The number of nitrogens with zero attached hydrogens (tertiary/aromatic N) is 1. The highest BCUT2D eigenvalue weighted by atomic mass is 15.3. The lowest BCUT2D eigenvalue weighted by Crippen LogP contribution is -2.42. The number of piperidine rings is 1. The largest absolute Gasteiger partial charge is 0.366 e. The van der Waals surface area contributed by atoms with Gasteiger partial charge in [0.1, 0.15) is 6.17 Å². The molecule has 0 amide bonds. The molecule has 3 heteroatoms. The van der Waals surface area contributed by atoms with Crippen molar-refractivity contribution in [1.82, 2.24) is 15.5 Å². The lowest BCUT2D eigenvalue weighted by Gasteiger charge is -2.36. The standard InChI is InChI=1S/C18H21N3/c1-2-4-15-13-16(6-5-14(15)3-1)18-20-11-12-21(18)17-7-9-19-10-8-17/h1-6,11-13,17-20H,7-10H2. The zero-order valence-electron chi connectivity index (χ0n) is 12.1. The second-order valence-corrected chi connectivity index (χ2v) is 5.92. The number of nitrogens with one attached hydrogen (secondary N) is 2. The maximum atomic E-state index is 3.51. The van der Waals surface area contributed by atoms with Crippen LogP contribution in [0.4, 0.5) is 0 Å². The van der Waals surface area contributed by atoms with Gasteiger partial charge in [-0.25, -0.2) is 0 Å². The molecular formula is C18H21N3. The molecule has 1 atom stereocenters. The smallest absolute Gasteiger partial charge is 0.125 e. The highest BCUT2D eigenvalue weighted by Crippen LogP contribution is 2.29. The predicted octanol–water partition coefficient (Wildman–Crippen LogP) is 2.97. The van der Waals surface area contributed by atoms with E-state index in [1.807, 2.05) is 0 Å². The first kappa shape index (κ1) is 12.7. The van der Waals surface area contributed by atoms with Crippen molar-refractivity contribution in [2.45, 2.75) is 25.0 Å². The molecule has 0 radical (unpaired) electrons. The van der Waals surface area contributed by atoms with Gasteiger partial charge in [0.05, 0.1) is 0 Å². The van der Waals surface area contributed by atoms with Crippen LogP contribution in [0.3, 0.4) is 0 Å². The van der Waals surface area contributed by atoms with Gasteiger partial charge in [-0.1, -0.05) is 36.4 Å². The molecule has 2 N–H and O–H groups in total. The second-order valence-electron chi connectivity index (χ2n) is 5.92. The van der Waals surface area contributed by atoms with Gasteiger partial charge in [-0.05, 0) is 48.3 Å². The minimum Gasteiger partial charge on any atom is -0.366 e. The fraction of sp³-hybridized carbons (Fsp3) is 0.333. The van der Waals surface area contributed by atoms with Gasteiger partial charge >= 0.3 is 0 Å². The van der Waals surface area contributed by atoms with Gasteiger partial charge in [0, 0.05) is 18.4 Å². The molecule has 2 aliphatic heterocycles. The van der Waals surface area contributed by atoms with Crippen LogP contribution in [0.25, 0.3) is 10.8 Å². The zero-order valence-corrected chi connectivity index (χ0v) is 12.1. The molecular weight excluding hydrogens is 258 g/mol. The van der Waals surface area contributed by atoms with E-state index < -0.39 is 0 Å². The maximum absolute atomic E-state index is 3.51. The fourth-order valence-electron chi connectivity index (χ4n) is 3.48. The third-order valence-electron chi connectivity index (χ3n) is 4.62. The summed E-state index contributed by atoms with van der Waals surface area (Å²) in [5.74, 6) is 0. The van der Waals surface area contributed by atoms with E-state index in [2.05, 4.69) is 70.4 Å². The summed E-state index contributed by atoms with van der Waals surface area (Å²) in [7, 11) is 0. The van der Waals surface area contributed by atoms with Crippen molar-refractivity contribution < 1.29 is 0 Å². The van der Waals surface area contributed by atoms with Crippen LogP contribution in [0, 0.1) is 0 Å². The average Bonchev–Trinajstić information content (AvgIpc) is 3.05. The van der Waals surface area contributed by atoms with E-state index in [-0.39, 0.29) is 6.17 Å². The third kappa shape index (κ3) is 2.38. The Morgan fingerprint density at radius 2 is 1.76 bits per heavy atom. The van der Waals surface area contributed by atoms with Crippen LogP contribution in [-0.4, -0.2) is 24.0 Å². The summed E-state index contributed by atoms with van der Waals surface area (Å²) in [5, 5.41) is 9.58. The first-order valence-electron chi connectivity index (χ1n) is 7.81. The first-order valence-corrected chi connectivity index (χ1v) is 7.81. The van der Waals surface area contributed by atoms with Crippen molar-refractivity contribution in [2.24, 2.45) is 0 Å².